The van der Waals surface area contributed by atoms with Gasteiger partial charge in [-0.3, -0.25) is 0 Å². The van der Waals surface area contributed by atoms with E-state index in [0.717, 1.165) is 68.9 Å². The first-order chi connectivity index (χ1) is 15.2. The number of pyridine rings is 1. The highest BCUT2D eigenvalue weighted by atomic mass is 16.5. The Labute approximate surface area is 186 Å². The zero-order valence-electron chi connectivity index (χ0n) is 19.1. The van der Waals surface area contributed by atoms with Gasteiger partial charge in [0.05, 0.1) is 13.1 Å². The van der Waals surface area contributed by atoms with Gasteiger partial charge in [0.2, 0.25) is 0 Å². The summed E-state index contributed by atoms with van der Waals surface area (Å²) in [6.45, 7) is 12.5. The largest absolute Gasteiger partial charge is 0.492 e. The van der Waals surface area contributed by atoms with Gasteiger partial charge in [0.15, 0.2) is 5.96 Å². The second-order valence-electron chi connectivity index (χ2n) is 7.70. The molecule has 1 aromatic heterocycles. The van der Waals surface area contributed by atoms with Crippen molar-refractivity contribution in [1.82, 2.24) is 20.1 Å². The fraction of sp³-hybridized carbons (Fsp3) is 0.500. The number of para-hydroxylation sites is 1. The van der Waals surface area contributed by atoms with Crippen LogP contribution < -0.4 is 15.0 Å². The summed E-state index contributed by atoms with van der Waals surface area (Å²) in [6, 6.07) is 14.2. The molecule has 7 nitrogen and oxygen atoms in total. The van der Waals surface area contributed by atoms with Gasteiger partial charge < -0.3 is 24.8 Å². The Balaban J connectivity index is 1.50. The van der Waals surface area contributed by atoms with Gasteiger partial charge in [-0.05, 0) is 37.2 Å². The minimum absolute atomic E-state index is 0.600. The Kier molecular flexibility index (Phi) is 8.97. The number of aromatic nitrogens is 1. The fourth-order valence-corrected chi connectivity index (χ4v) is 3.55. The predicted octanol–water partition coefficient (Wildman–Crippen LogP) is 2.70. The molecule has 0 unspecified atom stereocenters. The van der Waals surface area contributed by atoms with Crippen molar-refractivity contribution in [3.05, 3.63) is 54.2 Å². The van der Waals surface area contributed by atoms with Gasteiger partial charge in [0, 0.05) is 46.0 Å². The minimum Gasteiger partial charge on any atom is -0.492 e. The lowest BCUT2D eigenvalue weighted by Crippen LogP contribution is -2.46. The van der Waals surface area contributed by atoms with E-state index in [9.17, 15) is 0 Å². The smallest absolute Gasteiger partial charge is 0.194 e. The molecule has 1 aliphatic heterocycles. The van der Waals surface area contributed by atoms with Crippen LogP contribution in [0.15, 0.2) is 53.7 Å². The van der Waals surface area contributed by atoms with E-state index < -0.39 is 0 Å². The van der Waals surface area contributed by atoms with Crippen molar-refractivity contribution in [1.29, 1.82) is 0 Å². The van der Waals surface area contributed by atoms with Crippen LogP contribution in [0, 0.1) is 0 Å². The maximum absolute atomic E-state index is 5.81. The molecule has 2 heterocycles. The van der Waals surface area contributed by atoms with Crippen LogP contribution in [0.4, 0.5) is 5.82 Å². The van der Waals surface area contributed by atoms with Gasteiger partial charge >= 0.3 is 0 Å². The van der Waals surface area contributed by atoms with Crippen molar-refractivity contribution in [3.8, 4) is 5.75 Å². The molecule has 1 N–H and O–H groups in total. The third-order valence-electron chi connectivity index (χ3n) is 5.50. The number of hydrogen-bond acceptors (Lipinski definition) is 5. The molecule has 0 bridgehead atoms. The fourth-order valence-electron chi connectivity index (χ4n) is 3.55. The molecule has 0 spiro atoms. The molecule has 7 heteroatoms. The number of nitrogens with zero attached hydrogens (tertiary/aromatic N) is 5. The van der Waals surface area contributed by atoms with E-state index in [1.807, 2.05) is 43.6 Å². The maximum Gasteiger partial charge on any atom is 0.194 e. The second kappa shape index (κ2) is 12.2. The number of likely N-dealkylation sites (N-methyl/N-ethyl adjacent to an activating group) is 2. The molecule has 0 saturated carbocycles. The number of hydrogen-bond donors (Lipinski definition) is 1. The van der Waals surface area contributed by atoms with Crippen LogP contribution in [-0.4, -0.2) is 80.2 Å². The molecule has 0 atom stereocenters. The van der Waals surface area contributed by atoms with Crippen molar-refractivity contribution in [3.63, 3.8) is 0 Å². The molecule has 0 aliphatic carbocycles. The van der Waals surface area contributed by atoms with Crippen LogP contribution in [-0.2, 0) is 6.54 Å². The van der Waals surface area contributed by atoms with E-state index in [4.69, 9.17) is 9.73 Å². The number of guanidine groups is 1. The van der Waals surface area contributed by atoms with Crippen LogP contribution in [0.25, 0.3) is 0 Å². The number of rotatable bonds is 9. The summed E-state index contributed by atoms with van der Waals surface area (Å²) >= 11 is 0. The van der Waals surface area contributed by atoms with Crippen LogP contribution in [0.2, 0.25) is 0 Å². The zero-order chi connectivity index (χ0) is 21.9. The number of benzene rings is 1. The molecule has 1 fully saturated rings. The summed E-state index contributed by atoms with van der Waals surface area (Å²) in [4.78, 5) is 16.4. The van der Waals surface area contributed by atoms with Crippen molar-refractivity contribution in [2.45, 2.75) is 20.4 Å². The number of anilines is 1. The van der Waals surface area contributed by atoms with Gasteiger partial charge in [-0.2, -0.15) is 0 Å². The standard InChI is InChI=1S/C24H36N6O/c1-4-25-24(28(3)17-18-31-22-9-7-6-8-10-22)27-20-21-11-12-23(26-19-21)30-15-13-29(5-2)14-16-30/h6-12,19H,4-5,13-18,20H2,1-3H3,(H,25,27). The number of aliphatic imine (C=N–C) groups is 1. The molecule has 0 radical (unpaired) electrons. The highest BCUT2D eigenvalue weighted by molar-refractivity contribution is 5.79. The Morgan fingerprint density at radius 1 is 1.10 bits per heavy atom. The topological polar surface area (TPSA) is 56.2 Å². The minimum atomic E-state index is 0.600. The van der Waals surface area contributed by atoms with E-state index in [1.54, 1.807) is 0 Å². The molecular weight excluding hydrogens is 388 g/mol. The molecular formula is C24H36N6O. The van der Waals surface area contributed by atoms with E-state index in [2.05, 4.69) is 51.0 Å². The summed E-state index contributed by atoms with van der Waals surface area (Å²) < 4.78 is 5.81. The molecule has 1 aromatic carbocycles. The predicted molar refractivity (Wildman–Crippen MR) is 128 cm³/mol. The molecule has 168 valence electrons. The summed E-state index contributed by atoms with van der Waals surface area (Å²) in [5, 5.41) is 3.36. The second-order valence-corrected chi connectivity index (χ2v) is 7.70. The molecule has 1 saturated heterocycles. The normalized spacial score (nSPS) is 15.1. The summed E-state index contributed by atoms with van der Waals surface area (Å²) in [6.07, 6.45) is 1.95. The number of nitrogens with one attached hydrogen (secondary N) is 1. The van der Waals surface area contributed by atoms with Gasteiger partial charge in [-0.25, -0.2) is 9.98 Å². The van der Waals surface area contributed by atoms with Crippen LogP contribution in [0.1, 0.15) is 19.4 Å². The molecule has 3 rings (SSSR count). The molecule has 2 aromatic rings. The third-order valence-corrected chi connectivity index (χ3v) is 5.50. The Hall–Kier alpha value is -2.80. The van der Waals surface area contributed by atoms with Gasteiger partial charge in [-0.15, -0.1) is 0 Å². The van der Waals surface area contributed by atoms with Crippen molar-refractivity contribution < 1.29 is 4.74 Å². The van der Waals surface area contributed by atoms with Crippen molar-refractivity contribution in [2.24, 2.45) is 4.99 Å². The van der Waals surface area contributed by atoms with Crippen molar-refractivity contribution in [2.75, 3.05) is 64.4 Å². The Bertz CT molecular complexity index is 787. The third kappa shape index (κ3) is 7.14. The molecule has 31 heavy (non-hydrogen) atoms. The Morgan fingerprint density at radius 3 is 2.52 bits per heavy atom. The lowest BCUT2D eigenvalue weighted by atomic mass is 10.2. The molecule has 1 aliphatic rings. The summed E-state index contributed by atoms with van der Waals surface area (Å²) in [5.74, 6) is 2.82. The highest BCUT2D eigenvalue weighted by Crippen LogP contribution is 2.14. The van der Waals surface area contributed by atoms with Crippen LogP contribution in [0.5, 0.6) is 5.75 Å². The van der Waals surface area contributed by atoms with E-state index in [-0.39, 0.29) is 0 Å². The van der Waals surface area contributed by atoms with E-state index in [1.165, 1.54) is 0 Å². The lowest BCUT2D eigenvalue weighted by molar-refractivity contribution is 0.270. The first-order valence-corrected chi connectivity index (χ1v) is 11.3. The highest BCUT2D eigenvalue weighted by Gasteiger charge is 2.16. The number of piperazine rings is 1. The van der Waals surface area contributed by atoms with Crippen LogP contribution >= 0.6 is 0 Å². The van der Waals surface area contributed by atoms with Gasteiger partial charge in [0.25, 0.3) is 0 Å². The van der Waals surface area contributed by atoms with Crippen molar-refractivity contribution >= 4 is 11.8 Å². The summed E-state index contributed by atoms with van der Waals surface area (Å²) in [7, 11) is 2.03. The number of ether oxygens (including phenoxy) is 1. The quantitative estimate of drug-likeness (QED) is 0.493. The Morgan fingerprint density at radius 2 is 1.87 bits per heavy atom. The maximum atomic E-state index is 5.81. The summed E-state index contributed by atoms with van der Waals surface area (Å²) in [5.41, 5.74) is 1.11. The van der Waals surface area contributed by atoms with Gasteiger partial charge in [0.1, 0.15) is 18.2 Å². The first-order valence-electron chi connectivity index (χ1n) is 11.3. The lowest BCUT2D eigenvalue weighted by Gasteiger charge is -2.34. The van der Waals surface area contributed by atoms with E-state index in [0.29, 0.717) is 13.2 Å². The average Bonchev–Trinajstić information content (AvgIpc) is 2.83. The monoisotopic (exact) mass is 424 g/mol. The van der Waals surface area contributed by atoms with E-state index >= 15 is 0 Å². The molecule has 0 amide bonds. The van der Waals surface area contributed by atoms with Gasteiger partial charge in [-0.1, -0.05) is 31.2 Å². The zero-order valence-corrected chi connectivity index (χ0v) is 19.1. The van der Waals surface area contributed by atoms with Crippen LogP contribution in [0.3, 0.4) is 0 Å². The SMILES string of the molecule is CCNC(=NCc1ccc(N2CCN(CC)CC2)nc1)N(C)CCOc1ccccc1. The average molecular weight is 425 g/mol. The first kappa shape index (κ1) is 22.9.